The minimum atomic E-state index is -0.747. The van der Waals surface area contributed by atoms with Gasteiger partial charge in [0.25, 0.3) is 11.7 Å². The predicted molar refractivity (Wildman–Crippen MR) is 96.7 cm³/mol. The van der Waals surface area contributed by atoms with Crippen LogP contribution >= 0.6 is 15.9 Å². The van der Waals surface area contributed by atoms with Crippen molar-refractivity contribution in [2.45, 2.75) is 6.04 Å². The minimum absolute atomic E-state index is 0.0108. The Balaban J connectivity index is 2.18. The molecule has 2 aromatic carbocycles. The van der Waals surface area contributed by atoms with Crippen LogP contribution < -0.4 is 0 Å². The zero-order chi connectivity index (χ0) is 18.0. The van der Waals surface area contributed by atoms with Crippen molar-refractivity contribution in [3.8, 4) is 0 Å². The van der Waals surface area contributed by atoms with Crippen molar-refractivity contribution in [1.29, 1.82) is 0 Å². The number of carbonyl (C=O) groups excluding carboxylic acids is 2. The number of benzene rings is 2. The lowest BCUT2D eigenvalue weighted by Crippen LogP contribution is -2.32. The largest absolute Gasteiger partial charge is 0.507 e. The van der Waals surface area contributed by atoms with Gasteiger partial charge in [0.1, 0.15) is 5.76 Å². The highest BCUT2D eigenvalue weighted by Gasteiger charge is 2.45. The first-order chi connectivity index (χ1) is 12.0. The van der Waals surface area contributed by atoms with E-state index in [1.165, 1.54) is 4.90 Å². The molecular formula is C19H16BrNO4. The second-order valence-electron chi connectivity index (χ2n) is 5.63. The fraction of sp³-hybridized carbons (Fsp3) is 0.158. The highest BCUT2D eigenvalue weighted by molar-refractivity contribution is 9.10. The highest BCUT2D eigenvalue weighted by Crippen LogP contribution is 2.39. The lowest BCUT2D eigenvalue weighted by molar-refractivity contribution is -0.140. The second kappa shape index (κ2) is 7.21. The van der Waals surface area contributed by atoms with Gasteiger partial charge in [-0.05, 0) is 17.7 Å². The molecule has 1 fully saturated rings. The number of aliphatic hydroxyl groups excluding tert-OH is 2. The summed E-state index contributed by atoms with van der Waals surface area (Å²) in [6.07, 6.45) is 0. The first-order valence-electron chi connectivity index (χ1n) is 7.74. The van der Waals surface area contributed by atoms with E-state index in [1.807, 2.05) is 0 Å². The van der Waals surface area contributed by atoms with E-state index in [-0.39, 0.29) is 24.5 Å². The number of ketones is 1. The van der Waals surface area contributed by atoms with Crippen LogP contribution in [0.4, 0.5) is 0 Å². The topological polar surface area (TPSA) is 77.8 Å². The Bertz CT molecular complexity index is 830. The van der Waals surface area contributed by atoms with E-state index in [1.54, 1.807) is 54.6 Å². The van der Waals surface area contributed by atoms with E-state index in [0.29, 0.717) is 11.1 Å². The minimum Gasteiger partial charge on any atom is -0.507 e. The van der Waals surface area contributed by atoms with Crippen LogP contribution in [0.25, 0.3) is 5.76 Å². The number of halogens is 1. The van der Waals surface area contributed by atoms with Gasteiger partial charge in [-0.1, -0.05) is 58.4 Å². The lowest BCUT2D eigenvalue weighted by atomic mass is 9.95. The summed E-state index contributed by atoms with van der Waals surface area (Å²) >= 11 is 3.36. The number of likely N-dealkylation sites (tertiary alicyclic amines) is 1. The molecule has 1 aliphatic rings. The molecule has 1 saturated heterocycles. The van der Waals surface area contributed by atoms with Crippen molar-refractivity contribution in [3.63, 3.8) is 0 Å². The van der Waals surface area contributed by atoms with Gasteiger partial charge in [0.15, 0.2) is 0 Å². The van der Waals surface area contributed by atoms with E-state index in [4.69, 9.17) is 0 Å². The van der Waals surface area contributed by atoms with Gasteiger partial charge in [-0.25, -0.2) is 0 Å². The predicted octanol–water partition coefficient (Wildman–Crippen LogP) is 2.86. The molecule has 1 unspecified atom stereocenters. The van der Waals surface area contributed by atoms with Crippen molar-refractivity contribution in [3.05, 3.63) is 75.8 Å². The number of nitrogens with zero attached hydrogens (tertiary/aromatic N) is 1. The van der Waals surface area contributed by atoms with Gasteiger partial charge in [-0.15, -0.1) is 0 Å². The van der Waals surface area contributed by atoms with Crippen LogP contribution in [0.3, 0.4) is 0 Å². The molecule has 6 heteroatoms. The Kier molecular flexibility index (Phi) is 5.01. The van der Waals surface area contributed by atoms with Crippen LogP contribution in [0.15, 0.2) is 64.6 Å². The number of carbonyl (C=O) groups is 2. The van der Waals surface area contributed by atoms with Crippen LogP contribution in [-0.4, -0.2) is 40.0 Å². The van der Waals surface area contributed by atoms with Gasteiger partial charge in [-0.2, -0.15) is 0 Å². The number of rotatable bonds is 4. The van der Waals surface area contributed by atoms with Crippen LogP contribution in [0.1, 0.15) is 17.2 Å². The molecule has 3 rings (SSSR count). The zero-order valence-corrected chi connectivity index (χ0v) is 14.8. The van der Waals surface area contributed by atoms with Gasteiger partial charge < -0.3 is 15.1 Å². The fourth-order valence-electron chi connectivity index (χ4n) is 2.96. The van der Waals surface area contributed by atoms with E-state index < -0.39 is 17.7 Å². The molecule has 0 spiro atoms. The maximum absolute atomic E-state index is 12.6. The normalized spacial score (nSPS) is 19.4. The number of aliphatic hydroxyl groups is 2. The molecule has 0 saturated carbocycles. The Labute approximate surface area is 153 Å². The Morgan fingerprint density at radius 1 is 1.04 bits per heavy atom. The molecule has 128 valence electrons. The third-order valence-electron chi connectivity index (χ3n) is 4.11. The molecule has 25 heavy (non-hydrogen) atoms. The molecular weight excluding hydrogens is 386 g/mol. The summed E-state index contributed by atoms with van der Waals surface area (Å²) in [6, 6.07) is 15.1. The van der Waals surface area contributed by atoms with Crippen molar-refractivity contribution >= 4 is 33.4 Å². The first-order valence-corrected chi connectivity index (χ1v) is 8.54. The molecule has 0 aliphatic carbocycles. The summed E-state index contributed by atoms with van der Waals surface area (Å²) in [6.45, 7) is -0.262. The summed E-state index contributed by atoms with van der Waals surface area (Å²) in [5.74, 6) is -1.69. The smallest absolute Gasteiger partial charge is 0.295 e. The Hall–Kier alpha value is -2.44. The number of amides is 1. The molecule has 0 bridgehead atoms. The van der Waals surface area contributed by atoms with E-state index in [0.717, 1.165) is 4.47 Å². The van der Waals surface area contributed by atoms with Crippen LogP contribution in [-0.2, 0) is 9.59 Å². The Morgan fingerprint density at radius 3 is 2.28 bits per heavy atom. The third kappa shape index (κ3) is 3.23. The summed E-state index contributed by atoms with van der Waals surface area (Å²) < 4.78 is 0.860. The summed E-state index contributed by atoms with van der Waals surface area (Å²) in [4.78, 5) is 26.3. The zero-order valence-electron chi connectivity index (χ0n) is 13.2. The summed E-state index contributed by atoms with van der Waals surface area (Å²) in [7, 11) is 0. The van der Waals surface area contributed by atoms with E-state index >= 15 is 0 Å². The monoisotopic (exact) mass is 401 g/mol. The first kappa shape index (κ1) is 17.4. The molecule has 2 N–H and O–H groups in total. The maximum atomic E-state index is 12.6. The third-order valence-corrected chi connectivity index (χ3v) is 4.64. The van der Waals surface area contributed by atoms with Gasteiger partial charge in [0, 0.05) is 16.6 Å². The fourth-order valence-corrected chi connectivity index (χ4v) is 3.23. The molecule has 5 nitrogen and oxygen atoms in total. The molecule has 1 atom stereocenters. The van der Waals surface area contributed by atoms with Crippen molar-refractivity contribution in [2.24, 2.45) is 0 Å². The Morgan fingerprint density at radius 2 is 1.68 bits per heavy atom. The van der Waals surface area contributed by atoms with Crippen LogP contribution in [0, 0.1) is 0 Å². The lowest BCUT2D eigenvalue weighted by Gasteiger charge is -2.24. The van der Waals surface area contributed by atoms with Crippen molar-refractivity contribution in [1.82, 2.24) is 4.90 Å². The quantitative estimate of drug-likeness (QED) is 0.469. The molecule has 1 aliphatic heterocycles. The molecule has 1 heterocycles. The van der Waals surface area contributed by atoms with E-state index in [9.17, 15) is 19.8 Å². The molecule has 2 aromatic rings. The van der Waals surface area contributed by atoms with Gasteiger partial charge in [0.2, 0.25) is 0 Å². The number of β-amino-alcohol motifs (C(OH)–C–C–N with tert-alkyl or cyclic N) is 1. The van der Waals surface area contributed by atoms with Gasteiger partial charge in [-0.3, -0.25) is 9.59 Å². The molecule has 1 amide bonds. The number of Topliss-reactive ketones (excluding diaryl/α,β-unsaturated/α-hetero) is 1. The molecule has 0 aromatic heterocycles. The van der Waals surface area contributed by atoms with Crippen molar-refractivity contribution in [2.75, 3.05) is 13.2 Å². The number of hydrogen-bond acceptors (Lipinski definition) is 4. The van der Waals surface area contributed by atoms with Crippen LogP contribution in [0.2, 0.25) is 0 Å². The SMILES string of the molecule is O=C1C(=O)N(CCO)C(c2ccc(Br)cc2)C1=C(O)c1ccccc1. The standard InChI is InChI=1S/C19H16BrNO4/c20-14-8-6-12(7-9-14)16-15(17(23)13-4-2-1-3-5-13)18(24)19(25)21(16)10-11-22/h1-9,16,22-23H,10-11H2. The highest BCUT2D eigenvalue weighted by atomic mass is 79.9. The average Bonchev–Trinajstić information content (AvgIpc) is 2.88. The van der Waals surface area contributed by atoms with Gasteiger partial charge in [0.05, 0.1) is 18.2 Å². The maximum Gasteiger partial charge on any atom is 0.295 e. The number of hydrogen-bond donors (Lipinski definition) is 2. The second-order valence-corrected chi connectivity index (χ2v) is 6.55. The van der Waals surface area contributed by atoms with Gasteiger partial charge >= 0.3 is 0 Å². The summed E-state index contributed by atoms with van der Waals surface area (Å²) in [5.41, 5.74) is 1.19. The van der Waals surface area contributed by atoms with E-state index in [2.05, 4.69) is 15.9 Å². The summed E-state index contributed by atoms with van der Waals surface area (Å²) in [5, 5.41) is 20.0. The molecule has 0 radical (unpaired) electrons. The van der Waals surface area contributed by atoms with Crippen LogP contribution in [0.5, 0.6) is 0 Å². The van der Waals surface area contributed by atoms with Crippen molar-refractivity contribution < 1.29 is 19.8 Å². The average molecular weight is 402 g/mol.